The zero-order valence-corrected chi connectivity index (χ0v) is 21.0. The lowest BCUT2D eigenvalue weighted by Crippen LogP contribution is -2.34. The van der Waals surface area contributed by atoms with E-state index in [0.717, 1.165) is 23.2 Å². The molecule has 10 nitrogen and oxygen atoms in total. The number of benzene rings is 2. The molecule has 1 amide bonds. The second-order valence-corrected chi connectivity index (χ2v) is 9.33. The number of amides is 1. The van der Waals surface area contributed by atoms with E-state index in [4.69, 9.17) is 9.51 Å². The van der Waals surface area contributed by atoms with E-state index in [2.05, 4.69) is 25.8 Å². The summed E-state index contributed by atoms with van der Waals surface area (Å²) in [5, 5.41) is 20.8. The van der Waals surface area contributed by atoms with Crippen molar-refractivity contribution < 1.29 is 14.4 Å². The summed E-state index contributed by atoms with van der Waals surface area (Å²) >= 11 is 0. The molecule has 0 spiro atoms. The van der Waals surface area contributed by atoms with Crippen molar-refractivity contribution >= 4 is 23.4 Å². The van der Waals surface area contributed by atoms with Gasteiger partial charge >= 0.3 is 0 Å². The van der Waals surface area contributed by atoms with E-state index in [-0.39, 0.29) is 18.4 Å². The van der Waals surface area contributed by atoms with Gasteiger partial charge < -0.3 is 25.2 Å². The molecule has 0 fully saturated rings. The molecule has 0 saturated carbocycles. The van der Waals surface area contributed by atoms with Crippen molar-refractivity contribution in [3.05, 3.63) is 77.2 Å². The molecule has 190 valence electrons. The number of nitrogens with one attached hydrogen (secondary N) is 2. The lowest BCUT2D eigenvalue weighted by molar-refractivity contribution is 0.0781. The first-order chi connectivity index (χ1) is 17.9. The number of carbonyl (C=O) groups is 1. The van der Waals surface area contributed by atoms with Gasteiger partial charge in [-0.2, -0.15) is 9.97 Å². The highest BCUT2D eigenvalue weighted by Crippen LogP contribution is 2.31. The van der Waals surface area contributed by atoms with Gasteiger partial charge in [0.15, 0.2) is 5.82 Å². The predicted molar refractivity (Wildman–Crippen MR) is 140 cm³/mol. The number of carbonyl (C=O) groups excluding carboxylic acids is 1. The van der Waals surface area contributed by atoms with Crippen molar-refractivity contribution in [2.24, 2.45) is 0 Å². The van der Waals surface area contributed by atoms with Crippen LogP contribution < -0.4 is 10.6 Å². The average Bonchev–Trinajstić information content (AvgIpc) is 3.41. The van der Waals surface area contributed by atoms with Crippen molar-refractivity contribution in [3.63, 3.8) is 0 Å². The van der Waals surface area contributed by atoms with Crippen LogP contribution in [0.5, 0.6) is 0 Å². The largest absolute Gasteiger partial charge is 0.394 e. The first-order valence-corrected chi connectivity index (χ1v) is 12.2. The Hall–Kier alpha value is -4.31. The van der Waals surface area contributed by atoms with Crippen LogP contribution in [-0.4, -0.2) is 56.2 Å². The standard InChI is InChI=1S/C27H29N7O3/c1-16(2)23-31-25(37-33-23)21-14-28-27(32-24(21)30-22(15-35)17-7-5-4-6-8-17)29-19-9-10-20-18(13-19)11-12-34(3)26(20)36/h4-10,13-14,16,22,35H,11-12,15H2,1-3H3,(H2,28,29,30,32)/t22-/m1/s1. The van der Waals surface area contributed by atoms with Crippen LogP contribution in [0, 0.1) is 0 Å². The average molecular weight is 500 g/mol. The van der Waals surface area contributed by atoms with Crippen molar-refractivity contribution in [2.75, 3.05) is 30.8 Å². The number of aliphatic hydroxyl groups excluding tert-OH is 1. The van der Waals surface area contributed by atoms with E-state index in [1.807, 2.05) is 69.4 Å². The van der Waals surface area contributed by atoms with Crippen LogP contribution in [0.4, 0.5) is 17.5 Å². The minimum Gasteiger partial charge on any atom is -0.394 e. The van der Waals surface area contributed by atoms with E-state index in [0.29, 0.717) is 41.2 Å². The summed E-state index contributed by atoms with van der Waals surface area (Å²) in [6.07, 6.45) is 2.40. The smallest absolute Gasteiger partial charge is 0.263 e. The Labute approximate surface area is 214 Å². The van der Waals surface area contributed by atoms with Gasteiger partial charge in [0.2, 0.25) is 5.95 Å². The highest BCUT2D eigenvalue weighted by molar-refractivity contribution is 5.97. The van der Waals surface area contributed by atoms with Gasteiger partial charge in [0.25, 0.3) is 11.8 Å². The highest BCUT2D eigenvalue weighted by Gasteiger charge is 2.23. The number of nitrogens with zero attached hydrogens (tertiary/aromatic N) is 5. The van der Waals surface area contributed by atoms with Gasteiger partial charge in [-0.05, 0) is 35.7 Å². The molecule has 0 saturated heterocycles. The summed E-state index contributed by atoms with van der Waals surface area (Å²) in [6, 6.07) is 14.8. The lowest BCUT2D eigenvalue weighted by Gasteiger charge is -2.25. The van der Waals surface area contributed by atoms with Gasteiger partial charge in [-0.15, -0.1) is 0 Å². The second kappa shape index (κ2) is 10.4. The van der Waals surface area contributed by atoms with Gasteiger partial charge in [0.05, 0.1) is 12.6 Å². The number of rotatable bonds is 8. The maximum atomic E-state index is 12.4. The maximum absolute atomic E-state index is 12.4. The number of fused-ring (bicyclic) bond motifs is 1. The van der Waals surface area contributed by atoms with Crippen LogP contribution in [0.25, 0.3) is 11.5 Å². The minimum absolute atomic E-state index is 0.0242. The quantitative estimate of drug-likeness (QED) is 0.327. The monoisotopic (exact) mass is 499 g/mol. The van der Waals surface area contributed by atoms with Gasteiger partial charge in [-0.1, -0.05) is 49.3 Å². The Morgan fingerprint density at radius 1 is 1.11 bits per heavy atom. The van der Waals surface area contributed by atoms with Crippen molar-refractivity contribution in [1.82, 2.24) is 25.0 Å². The number of aromatic nitrogens is 4. The van der Waals surface area contributed by atoms with Gasteiger partial charge in [-0.25, -0.2) is 4.98 Å². The fourth-order valence-electron chi connectivity index (χ4n) is 4.18. The molecule has 0 unspecified atom stereocenters. The molecule has 37 heavy (non-hydrogen) atoms. The fraction of sp³-hybridized carbons (Fsp3) is 0.296. The first kappa shape index (κ1) is 24.4. The highest BCUT2D eigenvalue weighted by atomic mass is 16.5. The Morgan fingerprint density at radius 2 is 1.92 bits per heavy atom. The molecule has 4 aromatic rings. The fourth-order valence-corrected chi connectivity index (χ4v) is 4.18. The summed E-state index contributed by atoms with van der Waals surface area (Å²) in [5.41, 5.74) is 3.90. The Bertz CT molecular complexity index is 1400. The topological polar surface area (TPSA) is 129 Å². The third kappa shape index (κ3) is 5.14. The van der Waals surface area contributed by atoms with Crippen LogP contribution >= 0.6 is 0 Å². The van der Waals surface area contributed by atoms with Crippen molar-refractivity contribution in [3.8, 4) is 11.5 Å². The molecule has 0 radical (unpaired) electrons. The van der Waals surface area contributed by atoms with E-state index in [1.54, 1.807) is 11.1 Å². The van der Waals surface area contributed by atoms with Crippen LogP contribution in [0.2, 0.25) is 0 Å². The number of likely N-dealkylation sites (N-methyl/N-ethyl adjacent to an activating group) is 1. The van der Waals surface area contributed by atoms with Crippen molar-refractivity contribution in [1.29, 1.82) is 0 Å². The minimum atomic E-state index is -0.415. The molecule has 2 aromatic heterocycles. The third-order valence-electron chi connectivity index (χ3n) is 6.33. The number of hydrogen-bond donors (Lipinski definition) is 3. The molecule has 2 aromatic carbocycles. The molecular formula is C27H29N7O3. The van der Waals surface area contributed by atoms with E-state index >= 15 is 0 Å². The van der Waals surface area contributed by atoms with Crippen LogP contribution in [-0.2, 0) is 6.42 Å². The summed E-state index contributed by atoms with van der Waals surface area (Å²) in [7, 11) is 1.81. The zero-order chi connectivity index (χ0) is 25.9. The number of hydrogen-bond acceptors (Lipinski definition) is 9. The van der Waals surface area contributed by atoms with Gasteiger partial charge in [-0.3, -0.25) is 4.79 Å². The molecule has 1 aliphatic heterocycles. The first-order valence-electron chi connectivity index (χ1n) is 12.2. The maximum Gasteiger partial charge on any atom is 0.263 e. The molecule has 3 N–H and O–H groups in total. The number of aliphatic hydroxyl groups is 1. The summed E-state index contributed by atoms with van der Waals surface area (Å²) < 4.78 is 5.51. The molecule has 10 heteroatoms. The zero-order valence-electron chi connectivity index (χ0n) is 21.0. The predicted octanol–water partition coefficient (Wildman–Crippen LogP) is 4.17. The van der Waals surface area contributed by atoms with Crippen molar-refractivity contribution in [2.45, 2.75) is 32.2 Å². The van der Waals surface area contributed by atoms with Crippen LogP contribution in [0.3, 0.4) is 0 Å². The summed E-state index contributed by atoms with van der Waals surface area (Å²) in [6.45, 7) is 4.50. The van der Waals surface area contributed by atoms with E-state index in [1.165, 1.54) is 0 Å². The normalized spacial score (nSPS) is 14.0. The van der Waals surface area contributed by atoms with E-state index in [9.17, 15) is 9.90 Å². The van der Waals surface area contributed by atoms with E-state index < -0.39 is 6.04 Å². The Balaban J connectivity index is 1.48. The molecule has 0 bridgehead atoms. The number of anilines is 3. The Morgan fingerprint density at radius 3 is 2.65 bits per heavy atom. The summed E-state index contributed by atoms with van der Waals surface area (Å²) in [5.74, 6) is 1.78. The van der Waals surface area contributed by atoms with Gasteiger partial charge in [0.1, 0.15) is 11.4 Å². The molecular weight excluding hydrogens is 470 g/mol. The Kier molecular flexibility index (Phi) is 6.82. The molecule has 0 aliphatic carbocycles. The molecule has 3 heterocycles. The SMILES string of the molecule is CC(C)c1noc(-c2cnc(Nc3ccc4c(c3)CCN(C)C4=O)nc2N[C@H](CO)c2ccccc2)n1. The molecule has 1 aliphatic rings. The summed E-state index contributed by atoms with van der Waals surface area (Å²) in [4.78, 5) is 27.8. The van der Waals surface area contributed by atoms with Crippen LogP contribution in [0.1, 0.15) is 53.1 Å². The van der Waals surface area contributed by atoms with Crippen LogP contribution in [0.15, 0.2) is 59.3 Å². The lowest BCUT2D eigenvalue weighted by atomic mass is 9.99. The van der Waals surface area contributed by atoms with Gasteiger partial charge in [0, 0.05) is 37.0 Å². The molecule has 5 rings (SSSR count). The third-order valence-corrected chi connectivity index (χ3v) is 6.33. The second-order valence-electron chi connectivity index (χ2n) is 9.33. The molecule has 1 atom stereocenters.